The summed E-state index contributed by atoms with van der Waals surface area (Å²) in [5.74, 6) is 0.728. The van der Waals surface area contributed by atoms with Gasteiger partial charge < -0.3 is 4.74 Å². The van der Waals surface area contributed by atoms with Crippen molar-refractivity contribution in [1.82, 2.24) is 0 Å². The molecule has 0 atom stereocenters. The van der Waals surface area contributed by atoms with Crippen LogP contribution in [0.3, 0.4) is 0 Å². The number of hydrogen-bond donors (Lipinski definition) is 1. The van der Waals surface area contributed by atoms with Crippen molar-refractivity contribution in [2.24, 2.45) is 5.11 Å². The molecule has 0 aliphatic carbocycles. The summed E-state index contributed by atoms with van der Waals surface area (Å²) in [4.78, 5) is 0. The Morgan fingerprint density at radius 1 is 1.25 bits per heavy atom. The number of benzene rings is 1. The molecule has 0 aliphatic rings. The minimum Gasteiger partial charge on any atom is -0.491 e. The van der Waals surface area contributed by atoms with E-state index in [0.717, 1.165) is 17.7 Å². The first kappa shape index (κ1) is 12.7. The maximum atomic E-state index is 7.05. The third-order valence-corrected chi connectivity index (χ3v) is 2.49. The SMILES string of the molecule is CCCCCCOc1cc(C)ccc1N=N. The molecule has 3 nitrogen and oxygen atoms in total. The van der Waals surface area contributed by atoms with E-state index in [1.807, 2.05) is 25.1 Å². The van der Waals surface area contributed by atoms with Crippen molar-refractivity contribution in [3.63, 3.8) is 0 Å². The highest BCUT2D eigenvalue weighted by molar-refractivity contribution is 5.52. The Bertz CT molecular complexity index is 337. The fraction of sp³-hybridized carbons (Fsp3) is 0.538. The largest absolute Gasteiger partial charge is 0.491 e. The van der Waals surface area contributed by atoms with Gasteiger partial charge in [-0.15, -0.1) is 0 Å². The topological polar surface area (TPSA) is 45.4 Å². The Morgan fingerprint density at radius 2 is 2.06 bits per heavy atom. The summed E-state index contributed by atoms with van der Waals surface area (Å²) in [6.45, 7) is 4.92. The Kier molecular flexibility index (Phi) is 5.54. The average Bonchev–Trinajstić information content (AvgIpc) is 2.29. The van der Waals surface area contributed by atoms with Crippen molar-refractivity contribution < 1.29 is 4.74 Å². The van der Waals surface area contributed by atoms with Crippen LogP contribution in [0, 0.1) is 12.5 Å². The van der Waals surface area contributed by atoms with Gasteiger partial charge in [-0.2, -0.15) is 5.11 Å². The molecule has 0 heterocycles. The van der Waals surface area contributed by atoms with Gasteiger partial charge >= 0.3 is 0 Å². The second-order valence-corrected chi connectivity index (χ2v) is 3.99. The van der Waals surface area contributed by atoms with E-state index in [-0.39, 0.29) is 0 Å². The van der Waals surface area contributed by atoms with Crippen LogP contribution < -0.4 is 4.74 Å². The van der Waals surface area contributed by atoms with Gasteiger partial charge in [0.05, 0.1) is 6.61 Å². The lowest BCUT2D eigenvalue weighted by molar-refractivity contribution is 0.305. The highest BCUT2D eigenvalue weighted by Gasteiger charge is 2.02. The van der Waals surface area contributed by atoms with E-state index < -0.39 is 0 Å². The zero-order chi connectivity index (χ0) is 11.8. The first-order valence-corrected chi connectivity index (χ1v) is 5.89. The lowest BCUT2D eigenvalue weighted by Gasteiger charge is -2.08. The van der Waals surface area contributed by atoms with Crippen molar-refractivity contribution in [3.8, 4) is 5.75 Å². The van der Waals surface area contributed by atoms with E-state index in [2.05, 4.69) is 12.0 Å². The van der Waals surface area contributed by atoms with Crippen LogP contribution in [0.5, 0.6) is 5.75 Å². The number of rotatable bonds is 7. The van der Waals surface area contributed by atoms with Gasteiger partial charge in [-0.25, -0.2) is 5.53 Å². The molecule has 1 N–H and O–H groups in total. The highest BCUT2D eigenvalue weighted by Crippen LogP contribution is 2.28. The summed E-state index contributed by atoms with van der Waals surface area (Å²) in [7, 11) is 0. The summed E-state index contributed by atoms with van der Waals surface area (Å²) >= 11 is 0. The molecule has 0 saturated heterocycles. The first-order valence-electron chi connectivity index (χ1n) is 5.89. The summed E-state index contributed by atoms with van der Waals surface area (Å²) in [5, 5.41) is 3.45. The number of ether oxygens (including phenoxy) is 1. The molecule has 0 fully saturated rings. The second kappa shape index (κ2) is 6.99. The molecule has 3 heteroatoms. The number of unbranched alkanes of at least 4 members (excludes halogenated alkanes) is 3. The van der Waals surface area contributed by atoms with Gasteiger partial charge in [0.2, 0.25) is 0 Å². The Hall–Kier alpha value is -1.38. The van der Waals surface area contributed by atoms with E-state index in [4.69, 9.17) is 10.3 Å². The second-order valence-electron chi connectivity index (χ2n) is 3.99. The maximum absolute atomic E-state index is 7.05. The monoisotopic (exact) mass is 220 g/mol. The number of nitrogens with one attached hydrogen (secondary N) is 1. The quantitative estimate of drug-likeness (QED) is 0.529. The molecule has 0 aromatic heterocycles. The molecule has 0 radical (unpaired) electrons. The summed E-state index contributed by atoms with van der Waals surface area (Å²) in [5.41, 5.74) is 8.79. The molecule has 0 spiro atoms. The summed E-state index contributed by atoms with van der Waals surface area (Å²) in [6, 6.07) is 5.70. The van der Waals surface area contributed by atoms with Gasteiger partial charge in [-0.1, -0.05) is 32.3 Å². The van der Waals surface area contributed by atoms with Crippen molar-refractivity contribution in [2.45, 2.75) is 39.5 Å². The van der Waals surface area contributed by atoms with E-state index in [1.54, 1.807) is 0 Å². The first-order chi connectivity index (χ1) is 7.77. The molecule has 0 aliphatic heterocycles. The van der Waals surface area contributed by atoms with E-state index in [9.17, 15) is 0 Å². The molecule has 0 unspecified atom stereocenters. The van der Waals surface area contributed by atoms with Crippen LogP contribution in [-0.4, -0.2) is 6.61 Å². The van der Waals surface area contributed by atoms with Crippen molar-refractivity contribution in [1.29, 1.82) is 5.53 Å². The normalized spacial score (nSPS) is 10.1. The molecule has 0 bridgehead atoms. The van der Waals surface area contributed by atoms with Crippen LogP contribution in [-0.2, 0) is 0 Å². The van der Waals surface area contributed by atoms with E-state index >= 15 is 0 Å². The summed E-state index contributed by atoms with van der Waals surface area (Å²) < 4.78 is 5.64. The van der Waals surface area contributed by atoms with Gasteiger partial charge in [0.1, 0.15) is 11.4 Å². The van der Waals surface area contributed by atoms with Crippen LogP contribution in [0.4, 0.5) is 5.69 Å². The predicted molar refractivity (Wildman–Crippen MR) is 65.6 cm³/mol. The van der Waals surface area contributed by atoms with E-state index in [1.165, 1.54) is 19.3 Å². The van der Waals surface area contributed by atoms with Crippen LogP contribution in [0.15, 0.2) is 23.3 Å². The highest BCUT2D eigenvalue weighted by atomic mass is 16.5. The predicted octanol–water partition coefficient (Wildman–Crippen LogP) is 4.62. The van der Waals surface area contributed by atoms with Gasteiger partial charge in [0, 0.05) is 0 Å². The van der Waals surface area contributed by atoms with Crippen molar-refractivity contribution >= 4 is 5.69 Å². The Morgan fingerprint density at radius 3 is 2.75 bits per heavy atom. The van der Waals surface area contributed by atoms with Gasteiger partial charge in [0.15, 0.2) is 0 Å². The molecule has 88 valence electrons. The molecule has 16 heavy (non-hydrogen) atoms. The Labute approximate surface area is 97.3 Å². The fourth-order valence-electron chi connectivity index (χ4n) is 1.54. The number of nitrogens with zero attached hydrogens (tertiary/aromatic N) is 1. The summed E-state index contributed by atoms with van der Waals surface area (Å²) in [6.07, 6.45) is 4.76. The number of aryl methyl sites for hydroxylation is 1. The fourth-order valence-corrected chi connectivity index (χ4v) is 1.54. The van der Waals surface area contributed by atoms with Gasteiger partial charge in [-0.05, 0) is 31.0 Å². The molecule has 0 saturated carbocycles. The minimum absolute atomic E-state index is 0.612. The van der Waals surface area contributed by atoms with Gasteiger partial charge in [0.25, 0.3) is 0 Å². The molecular weight excluding hydrogens is 200 g/mol. The zero-order valence-corrected chi connectivity index (χ0v) is 10.1. The third kappa shape index (κ3) is 4.01. The van der Waals surface area contributed by atoms with Crippen molar-refractivity contribution in [3.05, 3.63) is 23.8 Å². The van der Waals surface area contributed by atoms with Crippen LogP contribution in [0.2, 0.25) is 0 Å². The van der Waals surface area contributed by atoms with Crippen LogP contribution in [0.25, 0.3) is 0 Å². The lowest BCUT2D eigenvalue weighted by atomic mass is 10.2. The van der Waals surface area contributed by atoms with Crippen molar-refractivity contribution in [2.75, 3.05) is 6.61 Å². The average molecular weight is 220 g/mol. The van der Waals surface area contributed by atoms with Crippen LogP contribution >= 0.6 is 0 Å². The van der Waals surface area contributed by atoms with E-state index in [0.29, 0.717) is 12.3 Å². The molecular formula is C13H20N2O. The molecule has 0 amide bonds. The maximum Gasteiger partial charge on any atom is 0.147 e. The lowest BCUT2D eigenvalue weighted by Crippen LogP contribution is -1.97. The van der Waals surface area contributed by atoms with Crippen LogP contribution in [0.1, 0.15) is 38.2 Å². The zero-order valence-electron chi connectivity index (χ0n) is 10.1. The Balaban J connectivity index is 2.45. The molecule has 1 rings (SSSR count). The molecule has 1 aromatic rings. The van der Waals surface area contributed by atoms with Gasteiger partial charge in [-0.3, -0.25) is 0 Å². The minimum atomic E-state index is 0.612. The molecule has 1 aromatic carbocycles. The smallest absolute Gasteiger partial charge is 0.147 e. The number of hydrogen-bond acceptors (Lipinski definition) is 3. The standard InChI is InChI=1S/C13H20N2O/c1-3-4-5-6-9-16-13-10-11(2)7-8-12(13)15-14/h7-8,10,14H,3-6,9H2,1-2H3. The third-order valence-electron chi connectivity index (χ3n) is 2.49.